The number of hydrogen-bond acceptors (Lipinski definition) is 5. The Labute approximate surface area is 132 Å². The molecule has 120 valence electrons. The lowest BCUT2D eigenvalue weighted by Gasteiger charge is -2.21. The van der Waals surface area contributed by atoms with Crippen molar-refractivity contribution in [2.24, 2.45) is 0 Å². The molecule has 1 aromatic heterocycles. The Morgan fingerprint density at radius 3 is 2.86 bits per heavy atom. The zero-order chi connectivity index (χ0) is 15.5. The number of ether oxygens (including phenoxy) is 1. The van der Waals surface area contributed by atoms with Gasteiger partial charge in [-0.2, -0.15) is 0 Å². The monoisotopic (exact) mass is 311 g/mol. The zero-order valence-electron chi connectivity index (χ0n) is 14.0. The van der Waals surface area contributed by atoms with Crippen LogP contribution in [0.15, 0.2) is 0 Å². The second kappa shape index (κ2) is 7.07. The van der Waals surface area contributed by atoms with Gasteiger partial charge in [-0.3, -0.25) is 0 Å². The zero-order valence-corrected chi connectivity index (χ0v) is 14.8. The number of thiazole rings is 1. The molecule has 0 aromatic carbocycles. The summed E-state index contributed by atoms with van der Waals surface area (Å²) < 4.78 is 5.75. The predicted molar refractivity (Wildman–Crippen MR) is 90.4 cm³/mol. The maximum atomic E-state index is 5.75. The van der Waals surface area contributed by atoms with Crippen LogP contribution in [0, 0.1) is 0 Å². The minimum absolute atomic E-state index is 0.0907. The topological polar surface area (TPSA) is 37.4 Å². The Bertz CT molecular complexity index is 453. The average molecular weight is 311 g/mol. The normalized spacial score (nSPS) is 20.6. The van der Waals surface area contributed by atoms with Gasteiger partial charge < -0.3 is 15.0 Å². The van der Waals surface area contributed by atoms with Gasteiger partial charge in [0.1, 0.15) is 0 Å². The fourth-order valence-corrected chi connectivity index (χ4v) is 3.86. The number of rotatable bonds is 4. The van der Waals surface area contributed by atoms with Gasteiger partial charge in [0.15, 0.2) is 5.13 Å². The highest BCUT2D eigenvalue weighted by atomic mass is 32.1. The molecule has 1 unspecified atom stereocenters. The van der Waals surface area contributed by atoms with Crippen LogP contribution in [0.25, 0.3) is 0 Å². The van der Waals surface area contributed by atoms with E-state index < -0.39 is 0 Å². The summed E-state index contributed by atoms with van der Waals surface area (Å²) in [5.41, 5.74) is 1.33. The van der Waals surface area contributed by atoms with Crippen molar-refractivity contribution in [2.45, 2.75) is 59.1 Å². The third kappa shape index (κ3) is 4.41. The second-order valence-electron chi connectivity index (χ2n) is 6.78. The molecule has 4 nitrogen and oxygen atoms in total. The quantitative estimate of drug-likeness (QED) is 0.927. The first-order chi connectivity index (χ1) is 9.91. The molecular weight excluding hydrogens is 282 g/mol. The summed E-state index contributed by atoms with van der Waals surface area (Å²) in [5, 5.41) is 4.60. The van der Waals surface area contributed by atoms with Crippen molar-refractivity contribution in [3.8, 4) is 0 Å². The Morgan fingerprint density at radius 2 is 2.19 bits per heavy atom. The SMILES string of the molecule is CCNCc1sc(N2CCCOC(C)C2)nc1C(C)(C)C. The minimum atomic E-state index is 0.0907. The van der Waals surface area contributed by atoms with Gasteiger partial charge in [-0.25, -0.2) is 4.98 Å². The smallest absolute Gasteiger partial charge is 0.185 e. The highest BCUT2D eigenvalue weighted by Gasteiger charge is 2.26. The Kier molecular flexibility index (Phi) is 5.63. The van der Waals surface area contributed by atoms with Gasteiger partial charge in [-0.1, -0.05) is 27.7 Å². The van der Waals surface area contributed by atoms with Gasteiger partial charge in [0.05, 0.1) is 11.8 Å². The van der Waals surface area contributed by atoms with E-state index in [1.54, 1.807) is 0 Å². The van der Waals surface area contributed by atoms with Crippen LogP contribution in [0.5, 0.6) is 0 Å². The van der Waals surface area contributed by atoms with Crippen molar-refractivity contribution in [3.63, 3.8) is 0 Å². The molecule has 0 amide bonds. The van der Waals surface area contributed by atoms with Crippen molar-refractivity contribution >= 4 is 16.5 Å². The fraction of sp³-hybridized carbons (Fsp3) is 0.812. The van der Waals surface area contributed by atoms with Gasteiger partial charge in [0, 0.05) is 36.5 Å². The first-order valence-electron chi connectivity index (χ1n) is 7.99. The van der Waals surface area contributed by atoms with Gasteiger partial charge in [0.2, 0.25) is 0 Å². The standard InChI is InChI=1S/C16H29N3OS/c1-6-17-10-13-14(16(3,4)5)18-15(21-13)19-8-7-9-20-12(2)11-19/h12,17H,6-11H2,1-5H3. The molecule has 1 fully saturated rings. The lowest BCUT2D eigenvalue weighted by Crippen LogP contribution is -2.30. The lowest BCUT2D eigenvalue weighted by molar-refractivity contribution is 0.0821. The highest BCUT2D eigenvalue weighted by Crippen LogP contribution is 2.34. The molecule has 1 aliphatic heterocycles. The van der Waals surface area contributed by atoms with Gasteiger partial charge in [-0.15, -0.1) is 11.3 Å². The maximum Gasteiger partial charge on any atom is 0.185 e. The van der Waals surface area contributed by atoms with Crippen molar-refractivity contribution < 1.29 is 4.74 Å². The molecule has 1 N–H and O–H groups in total. The van der Waals surface area contributed by atoms with E-state index in [4.69, 9.17) is 9.72 Å². The molecule has 2 heterocycles. The van der Waals surface area contributed by atoms with E-state index in [0.29, 0.717) is 0 Å². The van der Waals surface area contributed by atoms with E-state index in [1.807, 2.05) is 11.3 Å². The van der Waals surface area contributed by atoms with Crippen LogP contribution in [-0.2, 0) is 16.7 Å². The third-order valence-corrected chi connectivity index (χ3v) is 4.77. The molecule has 2 rings (SSSR count). The maximum absolute atomic E-state index is 5.75. The van der Waals surface area contributed by atoms with Crippen LogP contribution < -0.4 is 10.2 Å². The van der Waals surface area contributed by atoms with E-state index in [0.717, 1.165) is 44.3 Å². The molecule has 5 heteroatoms. The van der Waals surface area contributed by atoms with E-state index >= 15 is 0 Å². The fourth-order valence-electron chi connectivity index (χ4n) is 2.59. The molecule has 21 heavy (non-hydrogen) atoms. The molecule has 1 aliphatic rings. The molecule has 0 saturated carbocycles. The highest BCUT2D eigenvalue weighted by molar-refractivity contribution is 7.15. The predicted octanol–water partition coefficient (Wildman–Crippen LogP) is 3.17. The van der Waals surface area contributed by atoms with Gasteiger partial charge >= 0.3 is 0 Å². The first-order valence-corrected chi connectivity index (χ1v) is 8.81. The van der Waals surface area contributed by atoms with Crippen LogP contribution in [0.1, 0.15) is 51.6 Å². The molecular formula is C16H29N3OS. The molecule has 0 radical (unpaired) electrons. The van der Waals surface area contributed by atoms with Crippen LogP contribution in [0.3, 0.4) is 0 Å². The molecule has 1 atom stereocenters. The summed E-state index contributed by atoms with van der Waals surface area (Å²) >= 11 is 1.84. The van der Waals surface area contributed by atoms with E-state index in [-0.39, 0.29) is 11.5 Å². The summed E-state index contributed by atoms with van der Waals surface area (Å²) in [6.07, 6.45) is 1.36. The molecule has 1 aromatic rings. The van der Waals surface area contributed by atoms with Crippen molar-refractivity contribution in [1.29, 1.82) is 0 Å². The summed E-state index contributed by atoms with van der Waals surface area (Å²) in [4.78, 5) is 8.75. The van der Waals surface area contributed by atoms with Crippen molar-refractivity contribution in [2.75, 3.05) is 31.1 Å². The minimum Gasteiger partial charge on any atom is -0.377 e. The van der Waals surface area contributed by atoms with Crippen molar-refractivity contribution in [3.05, 3.63) is 10.6 Å². The average Bonchev–Trinajstić information content (AvgIpc) is 2.72. The molecule has 1 saturated heterocycles. The van der Waals surface area contributed by atoms with Crippen LogP contribution in [0.2, 0.25) is 0 Å². The van der Waals surface area contributed by atoms with Gasteiger partial charge in [-0.05, 0) is 19.9 Å². The summed E-state index contributed by atoms with van der Waals surface area (Å²) in [7, 11) is 0. The van der Waals surface area contributed by atoms with E-state index in [9.17, 15) is 0 Å². The summed E-state index contributed by atoms with van der Waals surface area (Å²) in [5.74, 6) is 0. The number of nitrogens with zero attached hydrogens (tertiary/aromatic N) is 2. The molecule has 0 bridgehead atoms. The summed E-state index contributed by atoms with van der Waals surface area (Å²) in [6, 6.07) is 0. The summed E-state index contributed by atoms with van der Waals surface area (Å²) in [6.45, 7) is 15.8. The van der Waals surface area contributed by atoms with E-state index in [2.05, 4.69) is 44.8 Å². The second-order valence-corrected chi connectivity index (χ2v) is 7.84. The largest absolute Gasteiger partial charge is 0.377 e. The number of nitrogens with one attached hydrogen (secondary N) is 1. The Balaban J connectivity index is 2.25. The van der Waals surface area contributed by atoms with Crippen LogP contribution >= 0.6 is 11.3 Å². The van der Waals surface area contributed by atoms with Crippen LogP contribution in [-0.4, -0.2) is 37.3 Å². The molecule has 0 spiro atoms. The van der Waals surface area contributed by atoms with Crippen molar-refractivity contribution in [1.82, 2.24) is 10.3 Å². The van der Waals surface area contributed by atoms with E-state index in [1.165, 1.54) is 10.6 Å². The number of anilines is 1. The van der Waals surface area contributed by atoms with Crippen LogP contribution in [0.4, 0.5) is 5.13 Å². The Morgan fingerprint density at radius 1 is 1.43 bits per heavy atom. The lowest BCUT2D eigenvalue weighted by atomic mass is 9.91. The first kappa shape index (κ1) is 16.7. The third-order valence-electron chi connectivity index (χ3n) is 3.65. The molecule has 0 aliphatic carbocycles. The number of hydrogen-bond donors (Lipinski definition) is 1. The van der Waals surface area contributed by atoms with Gasteiger partial charge in [0.25, 0.3) is 0 Å². The number of aromatic nitrogens is 1. The Hall–Kier alpha value is -0.650.